The van der Waals surface area contributed by atoms with Crippen molar-refractivity contribution in [1.29, 1.82) is 0 Å². The number of rotatable bonds is 10. The van der Waals surface area contributed by atoms with Crippen LogP contribution in [0.4, 0.5) is 13.2 Å². The molecule has 0 saturated heterocycles. The van der Waals surface area contributed by atoms with E-state index in [2.05, 4.69) is 32.1 Å². The van der Waals surface area contributed by atoms with Gasteiger partial charge in [0, 0.05) is 11.1 Å². The third kappa shape index (κ3) is 6.74. The zero-order valence-electron chi connectivity index (χ0n) is 22.2. The van der Waals surface area contributed by atoms with Crippen LogP contribution in [-0.2, 0) is 6.42 Å². The SMILES string of the molecule is C/C=C/CCC1CCC(c2ccc(-c3ccc(-c4ccc(CCCCC)c(F)c4F)cc3)c(F)c2)CC1. The van der Waals surface area contributed by atoms with Crippen LogP contribution < -0.4 is 0 Å². The van der Waals surface area contributed by atoms with Crippen LogP contribution in [0.3, 0.4) is 0 Å². The fourth-order valence-electron chi connectivity index (χ4n) is 5.70. The average molecular weight is 505 g/mol. The summed E-state index contributed by atoms with van der Waals surface area (Å²) in [4.78, 5) is 0. The highest BCUT2D eigenvalue weighted by Crippen LogP contribution is 2.39. The van der Waals surface area contributed by atoms with Crippen molar-refractivity contribution in [2.24, 2.45) is 5.92 Å². The van der Waals surface area contributed by atoms with Crippen molar-refractivity contribution >= 4 is 0 Å². The largest absolute Gasteiger partial charge is 0.206 e. The molecule has 1 aliphatic carbocycles. The van der Waals surface area contributed by atoms with Crippen LogP contribution >= 0.6 is 0 Å². The second kappa shape index (κ2) is 13.1. The van der Waals surface area contributed by atoms with Gasteiger partial charge < -0.3 is 0 Å². The van der Waals surface area contributed by atoms with E-state index >= 15 is 4.39 Å². The molecule has 0 aromatic heterocycles. The summed E-state index contributed by atoms with van der Waals surface area (Å²) in [7, 11) is 0. The minimum Gasteiger partial charge on any atom is -0.206 e. The van der Waals surface area contributed by atoms with Crippen LogP contribution in [0.5, 0.6) is 0 Å². The van der Waals surface area contributed by atoms with Crippen LogP contribution in [-0.4, -0.2) is 0 Å². The van der Waals surface area contributed by atoms with Crippen molar-refractivity contribution in [3.05, 3.63) is 95.3 Å². The number of hydrogen-bond donors (Lipinski definition) is 0. The Hall–Kier alpha value is -2.81. The van der Waals surface area contributed by atoms with Crippen LogP contribution in [0.1, 0.15) is 88.7 Å². The molecule has 0 bridgehead atoms. The minimum absolute atomic E-state index is 0.228. The van der Waals surface area contributed by atoms with E-state index in [1.165, 1.54) is 19.3 Å². The van der Waals surface area contributed by atoms with Crippen molar-refractivity contribution < 1.29 is 13.2 Å². The maximum atomic E-state index is 15.2. The molecule has 0 radical (unpaired) electrons. The van der Waals surface area contributed by atoms with Gasteiger partial charge in [-0.2, -0.15) is 0 Å². The van der Waals surface area contributed by atoms with Crippen molar-refractivity contribution in [3.63, 3.8) is 0 Å². The van der Waals surface area contributed by atoms with Crippen LogP contribution in [0.15, 0.2) is 66.7 Å². The Bertz CT molecular complexity index is 1180. The zero-order chi connectivity index (χ0) is 26.2. The molecule has 0 N–H and O–H groups in total. The lowest BCUT2D eigenvalue weighted by Gasteiger charge is -2.28. The summed E-state index contributed by atoms with van der Waals surface area (Å²) in [6.45, 7) is 4.15. The van der Waals surface area contributed by atoms with Gasteiger partial charge in [-0.1, -0.05) is 80.4 Å². The first-order chi connectivity index (χ1) is 18.0. The molecule has 4 rings (SSSR count). The molecule has 0 spiro atoms. The van der Waals surface area contributed by atoms with Gasteiger partial charge in [0.25, 0.3) is 0 Å². The van der Waals surface area contributed by atoms with E-state index in [0.717, 1.165) is 55.6 Å². The summed E-state index contributed by atoms with van der Waals surface area (Å²) in [5.74, 6) is -0.591. The number of allylic oxidation sites excluding steroid dienone is 2. The lowest BCUT2D eigenvalue weighted by molar-refractivity contribution is 0.311. The number of hydrogen-bond acceptors (Lipinski definition) is 0. The molecule has 196 valence electrons. The molecule has 0 amide bonds. The molecule has 0 unspecified atom stereocenters. The van der Waals surface area contributed by atoms with E-state index < -0.39 is 11.6 Å². The van der Waals surface area contributed by atoms with Crippen molar-refractivity contribution in [2.75, 3.05) is 0 Å². The first-order valence-electron chi connectivity index (χ1n) is 14.0. The highest BCUT2D eigenvalue weighted by Gasteiger charge is 2.23. The van der Waals surface area contributed by atoms with Gasteiger partial charge in [-0.15, -0.1) is 0 Å². The van der Waals surface area contributed by atoms with Crippen molar-refractivity contribution in [2.45, 2.75) is 84.0 Å². The van der Waals surface area contributed by atoms with Gasteiger partial charge in [-0.3, -0.25) is 0 Å². The number of halogens is 3. The predicted molar refractivity (Wildman–Crippen MR) is 149 cm³/mol. The van der Waals surface area contributed by atoms with Gasteiger partial charge in [-0.05, 0) is 98.4 Å². The Kier molecular flexibility index (Phi) is 9.66. The molecule has 0 aliphatic heterocycles. The smallest absolute Gasteiger partial charge is 0.166 e. The van der Waals surface area contributed by atoms with Crippen LogP contribution in [0.25, 0.3) is 22.3 Å². The topological polar surface area (TPSA) is 0 Å². The van der Waals surface area contributed by atoms with E-state index in [1.54, 1.807) is 42.5 Å². The highest BCUT2D eigenvalue weighted by atomic mass is 19.2. The van der Waals surface area contributed by atoms with Gasteiger partial charge in [0.2, 0.25) is 0 Å². The third-order valence-corrected chi connectivity index (χ3v) is 8.01. The summed E-state index contributed by atoms with van der Waals surface area (Å²) in [6, 6.07) is 16.0. The Balaban J connectivity index is 1.43. The normalized spacial score (nSPS) is 18.0. The van der Waals surface area contributed by atoms with E-state index in [4.69, 9.17) is 0 Å². The fourth-order valence-corrected chi connectivity index (χ4v) is 5.70. The van der Waals surface area contributed by atoms with Gasteiger partial charge >= 0.3 is 0 Å². The van der Waals surface area contributed by atoms with Crippen molar-refractivity contribution in [3.8, 4) is 22.3 Å². The van der Waals surface area contributed by atoms with Gasteiger partial charge in [0.1, 0.15) is 5.82 Å². The van der Waals surface area contributed by atoms with Crippen molar-refractivity contribution in [1.82, 2.24) is 0 Å². The fraction of sp³-hybridized carbons (Fsp3) is 0.412. The van der Waals surface area contributed by atoms with Crippen LogP contribution in [0, 0.1) is 23.4 Å². The summed E-state index contributed by atoms with van der Waals surface area (Å²) in [6.07, 6.45) is 14.9. The molecule has 0 atom stereocenters. The molecule has 3 aromatic rings. The summed E-state index contributed by atoms with van der Waals surface area (Å²) in [5, 5.41) is 0. The molecule has 1 aliphatic rings. The maximum Gasteiger partial charge on any atom is 0.166 e. The highest BCUT2D eigenvalue weighted by molar-refractivity contribution is 5.71. The van der Waals surface area contributed by atoms with E-state index in [9.17, 15) is 8.78 Å². The quantitative estimate of drug-likeness (QED) is 0.190. The molecular formula is C34H39F3. The summed E-state index contributed by atoms with van der Waals surface area (Å²) >= 11 is 0. The average Bonchev–Trinajstić information content (AvgIpc) is 2.92. The molecule has 1 fully saturated rings. The second-order valence-electron chi connectivity index (χ2n) is 10.5. The monoisotopic (exact) mass is 504 g/mol. The zero-order valence-corrected chi connectivity index (χ0v) is 22.2. The molecule has 3 heteroatoms. The lowest BCUT2D eigenvalue weighted by atomic mass is 9.77. The minimum atomic E-state index is -0.811. The molecule has 0 heterocycles. The molecule has 37 heavy (non-hydrogen) atoms. The lowest BCUT2D eigenvalue weighted by Crippen LogP contribution is -2.13. The summed E-state index contributed by atoms with van der Waals surface area (Å²) < 4.78 is 44.6. The Morgan fingerprint density at radius 3 is 2.11 bits per heavy atom. The van der Waals surface area contributed by atoms with Crippen LogP contribution in [0.2, 0.25) is 0 Å². The number of unbranched alkanes of at least 4 members (excludes halogenated alkanes) is 2. The molecule has 3 aromatic carbocycles. The number of benzene rings is 3. The second-order valence-corrected chi connectivity index (χ2v) is 10.5. The van der Waals surface area contributed by atoms with E-state index in [-0.39, 0.29) is 11.4 Å². The van der Waals surface area contributed by atoms with Gasteiger partial charge in [-0.25, -0.2) is 13.2 Å². The standard InChI is InChI=1S/C34H39F3/c1-3-5-7-9-24-11-13-25(14-12-24)29-20-21-30(32(35)23-29)26-15-17-27(18-16-26)31-22-19-28(10-8-6-4-2)33(36)34(31)37/h3,5,15-25H,4,6-14H2,1-2H3/b5-3+. The first kappa shape index (κ1) is 27.2. The predicted octanol–water partition coefficient (Wildman–Crippen LogP) is 10.8. The number of aryl methyl sites for hydroxylation is 1. The Morgan fingerprint density at radius 1 is 0.784 bits per heavy atom. The molecular weight excluding hydrogens is 465 g/mol. The third-order valence-electron chi connectivity index (χ3n) is 8.01. The Labute approximate surface area is 220 Å². The molecule has 1 saturated carbocycles. The van der Waals surface area contributed by atoms with E-state index in [1.807, 2.05) is 6.07 Å². The summed E-state index contributed by atoms with van der Waals surface area (Å²) in [5.41, 5.74) is 3.60. The van der Waals surface area contributed by atoms with E-state index in [0.29, 0.717) is 29.0 Å². The Morgan fingerprint density at radius 2 is 1.46 bits per heavy atom. The van der Waals surface area contributed by atoms with Gasteiger partial charge in [0.15, 0.2) is 11.6 Å². The molecule has 0 nitrogen and oxygen atoms in total. The van der Waals surface area contributed by atoms with Gasteiger partial charge in [0.05, 0.1) is 0 Å². The first-order valence-corrected chi connectivity index (χ1v) is 14.0. The maximum absolute atomic E-state index is 15.2.